The van der Waals surface area contributed by atoms with Crippen molar-refractivity contribution in [3.63, 3.8) is 0 Å². The fourth-order valence-electron chi connectivity index (χ4n) is 1.06. The molecule has 0 radical (unpaired) electrons. The van der Waals surface area contributed by atoms with Crippen LogP contribution in [0.3, 0.4) is 0 Å². The highest BCUT2D eigenvalue weighted by Gasteiger charge is 2.83. The van der Waals surface area contributed by atoms with Crippen LogP contribution < -0.4 is 0 Å². The number of hydrogen-bond acceptors (Lipinski definition) is 0. The normalized spacial score (nSPS) is 17.1. The molecule has 0 saturated carbocycles. The fraction of sp³-hybridized carbons (Fsp3) is 1.00. The molecule has 0 nitrogen and oxygen atoms in total. The predicted molar refractivity (Wildman–Crippen MR) is 36.0 cm³/mol. The van der Waals surface area contributed by atoms with Gasteiger partial charge in [-0.05, 0) is 0 Å². The number of hydrogen-bond donors (Lipinski definition) is 0. The smallest absolute Gasteiger partial charge is 0.230 e. The number of alkyl halides is 11. The molecule has 0 heterocycles. The summed E-state index contributed by atoms with van der Waals surface area (Å²) in [6.45, 7) is 0. The molecule has 0 fully saturated rings. The molecule has 0 aromatic rings. The summed E-state index contributed by atoms with van der Waals surface area (Å²) in [7, 11) is 0. The highest BCUT2D eigenvalue weighted by molar-refractivity contribution is 6.19. The van der Waals surface area contributed by atoms with Gasteiger partial charge in [-0.2, -0.15) is 39.5 Å². The number of rotatable bonds is 2. The minimum absolute atomic E-state index is 2.98. The molecule has 1 atom stereocenters. The van der Waals surface area contributed by atoms with Crippen molar-refractivity contribution in [2.45, 2.75) is 30.6 Å². The Hall–Kier alpha value is -0.410. The first kappa shape index (κ1) is 16.6. The van der Waals surface area contributed by atoms with Crippen LogP contribution in [-0.4, -0.2) is 24.2 Å². The average molecular weight is 301 g/mol. The maximum absolute atomic E-state index is 12.1. The number of halogens is 11. The van der Waals surface area contributed by atoms with Crippen molar-refractivity contribution in [2.75, 3.05) is 0 Å². The van der Waals surface area contributed by atoms with Crippen LogP contribution in [0.15, 0.2) is 0 Å². The van der Waals surface area contributed by atoms with Gasteiger partial charge in [0, 0.05) is 6.42 Å². The summed E-state index contributed by atoms with van der Waals surface area (Å²) in [5, 5.41) is 0. The highest BCUT2D eigenvalue weighted by atomic mass is 35.5. The van der Waals surface area contributed by atoms with Crippen LogP contribution in [0.1, 0.15) is 6.42 Å². The van der Waals surface area contributed by atoms with E-state index in [9.17, 15) is 43.9 Å². The van der Waals surface area contributed by atoms with Crippen molar-refractivity contribution < 1.29 is 43.9 Å². The quantitative estimate of drug-likeness (QED) is 0.517. The zero-order valence-electron chi connectivity index (χ0n) is 7.44. The lowest BCUT2D eigenvalue weighted by atomic mass is 9.82. The van der Waals surface area contributed by atoms with Crippen molar-refractivity contribution in [2.24, 2.45) is 5.41 Å². The van der Waals surface area contributed by atoms with Gasteiger partial charge in [0.05, 0.1) is 0 Å². The van der Waals surface area contributed by atoms with Crippen molar-refractivity contribution >= 4 is 11.6 Å². The molecule has 0 amide bonds. The Kier molecular flexibility index (Phi) is 4.25. The van der Waals surface area contributed by atoms with E-state index < -0.39 is 36.0 Å². The standard InChI is InChI=1S/C6H3ClF10/c7-2(8)1-3(4(9,10)11,5(12,13)14)6(15,16)17/h2H,1H2. The van der Waals surface area contributed by atoms with E-state index in [4.69, 9.17) is 0 Å². The van der Waals surface area contributed by atoms with Gasteiger partial charge in [0.1, 0.15) is 0 Å². The molecule has 0 saturated heterocycles. The van der Waals surface area contributed by atoms with Crippen LogP contribution in [-0.2, 0) is 0 Å². The zero-order valence-corrected chi connectivity index (χ0v) is 8.20. The lowest BCUT2D eigenvalue weighted by Gasteiger charge is -2.38. The van der Waals surface area contributed by atoms with E-state index in [1.165, 1.54) is 0 Å². The van der Waals surface area contributed by atoms with Crippen molar-refractivity contribution in [3.05, 3.63) is 0 Å². The van der Waals surface area contributed by atoms with Gasteiger partial charge >= 0.3 is 18.5 Å². The monoisotopic (exact) mass is 300 g/mol. The molecule has 0 bridgehead atoms. The summed E-state index contributed by atoms with van der Waals surface area (Å²) in [6.07, 6.45) is -23.3. The minimum Gasteiger partial charge on any atom is -0.230 e. The lowest BCUT2D eigenvalue weighted by molar-refractivity contribution is -0.430. The summed E-state index contributed by atoms with van der Waals surface area (Å²) in [4.78, 5) is 0. The summed E-state index contributed by atoms with van der Waals surface area (Å²) in [5.41, 5.74) is -9.62. The first-order valence-electron chi connectivity index (χ1n) is 3.65. The molecule has 1 unspecified atom stereocenters. The van der Waals surface area contributed by atoms with Gasteiger partial charge in [0.2, 0.25) is 0 Å². The molecular weight excluding hydrogens is 297 g/mol. The summed E-state index contributed by atoms with van der Waals surface area (Å²) in [6, 6.07) is 0. The summed E-state index contributed by atoms with van der Waals surface area (Å²) >= 11 is 4.21. The molecule has 17 heavy (non-hydrogen) atoms. The molecule has 0 aromatic carbocycles. The molecule has 0 aromatic heterocycles. The Balaban J connectivity index is 5.93. The van der Waals surface area contributed by atoms with Gasteiger partial charge in [-0.15, -0.1) is 0 Å². The molecule has 104 valence electrons. The molecule has 11 heteroatoms. The topological polar surface area (TPSA) is 0 Å². The molecule has 0 rings (SSSR count). The third-order valence-corrected chi connectivity index (χ3v) is 2.07. The Bertz CT molecular complexity index is 221. The van der Waals surface area contributed by atoms with Gasteiger partial charge in [0.25, 0.3) is 5.41 Å². The molecule has 0 aliphatic carbocycles. The molecule has 0 aliphatic rings. The highest BCUT2D eigenvalue weighted by Crippen LogP contribution is 2.62. The zero-order chi connectivity index (χ0) is 14.3. The van der Waals surface area contributed by atoms with Crippen LogP contribution >= 0.6 is 11.6 Å². The summed E-state index contributed by atoms with van der Waals surface area (Å²) in [5.74, 6) is 0. The van der Waals surface area contributed by atoms with Gasteiger partial charge < -0.3 is 0 Å². The second-order valence-electron chi connectivity index (χ2n) is 2.99. The Morgan fingerprint density at radius 3 is 1.00 bits per heavy atom. The van der Waals surface area contributed by atoms with E-state index in [1.54, 1.807) is 0 Å². The van der Waals surface area contributed by atoms with E-state index in [2.05, 4.69) is 11.6 Å². The Morgan fingerprint density at radius 2 is 0.941 bits per heavy atom. The fourth-order valence-corrected chi connectivity index (χ4v) is 1.29. The van der Waals surface area contributed by atoms with Gasteiger partial charge in [-0.1, -0.05) is 11.6 Å². The van der Waals surface area contributed by atoms with E-state index in [1.807, 2.05) is 0 Å². The van der Waals surface area contributed by atoms with Crippen LogP contribution in [0.4, 0.5) is 43.9 Å². The molecule has 0 spiro atoms. The van der Waals surface area contributed by atoms with E-state index in [0.717, 1.165) is 0 Å². The third-order valence-electron chi connectivity index (χ3n) is 1.91. The third kappa shape index (κ3) is 2.89. The first-order chi connectivity index (χ1) is 7.17. The van der Waals surface area contributed by atoms with Crippen LogP contribution in [0, 0.1) is 5.41 Å². The maximum Gasteiger partial charge on any atom is 0.412 e. The molecule has 0 aliphatic heterocycles. The second kappa shape index (κ2) is 4.36. The predicted octanol–water partition coefficient (Wildman–Crippen LogP) is 4.58. The first-order valence-corrected chi connectivity index (χ1v) is 4.09. The lowest BCUT2D eigenvalue weighted by Crippen LogP contribution is -2.60. The van der Waals surface area contributed by atoms with Crippen molar-refractivity contribution in [1.29, 1.82) is 0 Å². The van der Waals surface area contributed by atoms with E-state index in [-0.39, 0.29) is 0 Å². The molecule has 0 N–H and O–H groups in total. The maximum atomic E-state index is 12.1. The van der Waals surface area contributed by atoms with Crippen LogP contribution in [0.5, 0.6) is 0 Å². The molecular formula is C6H3ClF10. The Morgan fingerprint density at radius 1 is 0.706 bits per heavy atom. The largest absolute Gasteiger partial charge is 0.412 e. The average Bonchev–Trinajstić information content (AvgIpc) is 1.91. The van der Waals surface area contributed by atoms with Gasteiger partial charge in [-0.25, -0.2) is 4.39 Å². The Labute approximate surface area is 92.5 Å². The van der Waals surface area contributed by atoms with Crippen molar-refractivity contribution in [3.8, 4) is 0 Å². The van der Waals surface area contributed by atoms with Crippen LogP contribution in [0.25, 0.3) is 0 Å². The van der Waals surface area contributed by atoms with Crippen molar-refractivity contribution in [1.82, 2.24) is 0 Å². The van der Waals surface area contributed by atoms with E-state index in [0.29, 0.717) is 0 Å². The second-order valence-corrected chi connectivity index (χ2v) is 3.47. The van der Waals surface area contributed by atoms with Gasteiger partial charge in [0.15, 0.2) is 5.63 Å². The van der Waals surface area contributed by atoms with E-state index >= 15 is 0 Å². The summed E-state index contributed by atoms with van der Waals surface area (Å²) < 4.78 is 121. The SMILES string of the molecule is FC(Cl)CC(C(F)(F)F)(C(F)(F)F)C(F)(F)F. The van der Waals surface area contributed by atoms with Gasteiger partial charge in [-0.3, -0.25) is 0 Å². The minimum atomic E-state index is -6.76. The van der Waals surface area contributed by atoms with Crippen LogP contribution in [0.2, 0.25) is 0 Å².